The average molecular weight is 460 g/mol. The smallest absolute Gasteiger partial charge is 0.338 e. The number of hydrogen-bond donors (Lipinski definition) is 2. The van der Waals surface area contributed by atoms with Gasteiger partial charge < -0.3 is 10.1 Å². The lowest BCUT2D eigenvalue weighted by molar-refractivity contribution is -0.120. The van der Waals surface area contributed by atoms with Crippen molar-refractivity contribution >= 4 is 56.2 Å². The number of carbonyl (C=O) groups excluding carboxylic acids is 2. The number of esters is 1. The van der Waals surface area contributed by atoms with Gasteiger partial charge in [-0.2, -0.15) is 0 Å². The van der Waals surface area contributed by atoms with Crippen molar-refractivity contribution in [3.8, 4) is 0 Å². The van der Waals surface area contributed by atoms with Gasteiger partial charge in [0.1, 0.15) is 10.6 Å². The van der Waals surface area contributed by atoms with Gasteiger partial charge in [-0.05, 0) is 39.0 Å². The molecule has 0 fully saturated rings. The molecule has 1 amide bonds. The van der Waals surface area contributed by atoms with E-state index in [1.165, 1.54) is 17.6 Å². The van der Waals surface area contributed by atoms with Gasteiger partial charge in [0.15, 0.2) is 5.25 Å². The average Bonchev–Trinajstić information content (AvgIpc) is 3.04. The maximum atomic E-state index is 12.4. The first-order chi connectivity index (χ1) is 13.6. The Bertz CT molecular complexity index is 862. The summed E-state index contributed by atoms with van der Waals surface area (Å²) in [5.41, 5.74) is 0.357. The molecule has 3 N–H and O–H groups in total. The minimum atomic E-state index is -1.44. The van der Waals surface area contributed by atoms with Crippen molar-refractivity contribution in [2.75, 3.05) is 18.6 Å². The normalized spacial score (nSPS) is 13.2. The van der Waals surface area contributed by atoms with E-state index in [0.29, 0.717) is 28.4 Å². The lowest BCUT2D eigenvalue weighted by Gasteiger charge is -2.19. The summed E-state index contributed by atoms with van der Waals surface area (Å²) in [6.07, 6.45) is 1.47. The molecule has 10 heteroatoms. The van der Waals surface area contributed by atoms with E-state index >= 15 is 0 Å². The molecule has 29 heavy (non-hydrogen) atoms. The second-order valence-corrected chi connectivity index (χ2v) is 10.0. The molecule has 0 aliphatic carbocycles. The number of fused-ring (bicyclic) bond motifs is 1. The van der Waals surface area contributed by atoms with Crippen molar-refractivity contribution in [2.45, 2.75) is 45.5 Å². The van der Waals surface area contributed by atoms with E-state index in [2.05, 4.69) is 10.3 Å². The van der Waals surface area contributed by atoms with Crippen LogP contribution in [0.5, 0.6) is 0 Å². The molecule has 0 aliphatic rings. The van der Waals surface area contributed by atoms with Gasteiger partial charge in [-0.25, -0.2) is 9.78 Å². The van der Waals surface area contributed by atoms with E-state index in [1.54, 1.807) is 39.0 Å². The summed E-state index contributed by atoms with van der Waals surface area (Å²) in [5.74, 6) is -0.226. The summed E-state index contributed by atoms with van der Waals surface area (Å²) < 4.78 is 18.3. The van der Waals surface area contributed by atoms with Crippen LogP contribution in [0.25, 0.3) is 10.2 Å². The molecule has 1 aromatic heterocycles. The van der Waals surface area contributed by atoms with Crippen molar-refractivity contribution < 1.29 is 18.5 Å². The standard InChI is InChI=1S/C17H23N3O4S3.C2H6/c1-17(2,3)24-16(22)10-5-6-12-11(9-10)20-15(26-12)13(27(4)23)14(21)19-7-8-25-18;1-2/h5-6,9,13H,7-8,18H2,1-4H3,(H,19,21);1-2H3. The van der Waals surface area contributed by atoms with Crippen LogP contribution in [-0.4, -0.2) is 45.2 Å². The van der Waals surface area contributed by atoms with E-state index in [9.17, 15) is 13.8 Å². The molecule has 0 radical (unpaired) electrons. The summed E-state index contributed by atoms with van der Waals surface area (Å²) in [6, 6.07) is 5.05. The SMILES string of the molecule is CC.CS(=O)C(C(=O)NCCSN)c1nc2cc(C(=O)OC(C)(C)C)ccc2s1. The van der Waals surface area contributed by atoms with Gasteiger partial charge in [-0.15, -0.1) is 11.3 Å². The predicted molar refractivity (Wildman–Crippen MR) is 123 cm³/mol. The number of hydrogen-bond acceptors (Lipinski definition) is 8. The number of nitrogens with one attached hydrogen (secondary N) is 1. The van der Waals surface area contributed by atoms with Gasteiger partial charge in [0.2, 0.25) is 5.91 Å². The number of nitrogens with zero attached hydrogens (tertiary/aromatic N) is 1. The third kappa shape index (κ3) is 7.69. The number of nitrogens with two attached hydrogens (primary N) is 1. The summed E-state index contributed by atoms with van der Waals surface area (Å²) in [6.45, 7) is 9.79. The molecule has 2 rings (SSSR count). The summed E-state index contributed by atoms with van der Waals surface area (Å²) in [7, 11) is -1.44. The summed E-state index contributed by atoms with van der Waals surface area (Å²) in [5, 5.41) is 7.65. The van der Waals surface area contributed by atoms with Crippen molar-refractivity contribution in [3.63, 3.8) is 0 Å². The van der Waals surface area contributed by atoms with Gasteiger partial charge in [0, 0.05) is 29.4 Å². The van der Waals surface area contributed by atoms with Gasteiger partial charge in [-0.1, -0.05) is 25.8 Å². The zero-order valence-corrected chi connectivity index (χ0v) is 20.1. The fraction of sp³-hybridized carbons (Fsp3) is 0.526. The lowest BCUT2D eigenvalue weighted by atomic mass is 10.1. The highest BCUT2D eigenvalue weighted by Gasteiger charge is 2.28. The van der Waals surface area contributed by atoms with Gasteiger partial charge >= 0.3 is 5.97 Å². The fourth-order valence-electron chi connectivity index (χ4n) is 2.25. The van der Waals surface area contributed by atoms with E-state index in [0.717, 1.165) is 16.6 Å². The van der Waals surface area contributed by atoms with Gasteiger partial charge in [0.25, 0.3) is 0 Å². The number of benzene rings is 1. The highest BCUT2D eigenvalue weighted by Crippen LogP contribution is 2.30. The molecule has 0 saturated carbocycles. The number of ether oxygens (including phenoxy) is 1. The molecular weight excluding hydrogens is 430 g/mol. The minimum Gasteiger partial charge on any atom is -0.456 e. The molecule has 7 nitrogen and oxygen atoms in total. The summed E-state index contributed by atoms with van der Waals surface area (Å²) >= 11 is 2.41. The predicted octanol–water partition coefficient (Wildman–Crippen LogP) is 3.42. The monoisotopic (exact) mass is 459 g/mol. The van der Waals surface area contributed by atoms with E-state index < -0.39 is 27.6 Å². The maximum absolute atomic E-state index is 12.4. The second kappa shape index (κ2) is 11.6. The Labute approximate surface area is 182 Å². The van der Waals surface area contributed by atoms with Crippen LogP contribution in [0.2, 0.25) is 0 Å². The number of rotatable bonds is 7. The first-order valence-corrected chi connectivity index (χ1v) is 12.7. The number of amides is 1. The Morgan fingerprint density at radius 1 is 1.34 bits per heavy atom. The first kappa shape index (κ1) is 25.5. The molecule has 2 atom stereocenters. The number of thiazole rings is 1. The van der Waals surface area contributed by atoms with Crippen LogP contribution in [0.4, 0.5) is 0 Å². The largest absolute Gasteiger partial charge is 0.456 e. The van der Waals surface area contributed by atoms with Gasteiger partial charge in [0.05, 0.1) is 15.8 Å². The van der Waals surface area contributed by atoms with E-state index in [-0.39, 0.29) is 5.91 Å². The molecule has 2 aromatic rings. The topological polar surface area (TPSA) is 111 Å². The Morgan fingerprint density at radius 2 is 2.00 bits per heavy atom. The molecule has 2 unspecified atom stereocenters. The Balaban J connectivity index is 0.00000204. The van der Waals surface area contributed by atoms with Crippen molar-refractivity contribution in [1.29, 1.82) is 0 Å². The van der Waals surface area contributed by atoms with Crippen LogP contribution in [0.15, 0.2) is 18.2 Å². The molecule has 0 spiro atoms. The summed E-state index contributed by atoms with van der Waals surface area (Å²) in [4.78, 5) is 29.1. The van der Waals surface area contributed by atoms with Crippen LogP contribution in [0, 0.1) is 0 Å². The molecule has 1 heterocycles. The highest BCUT2D eigenvalue weighted by atomic mass is 32.2. The van der Waals surface area contributed by atoms with E-state index in [4.69, 9.17) is 9.88 Å². The molecule has 0 bridgehead atoms. The zero-order valence-electron chi connectivity index (χ0n) is 17.6. The molecule has 1 aromatic carbocycles. The third-order valence-electron chi connectivity index (χ3n) is 3.35. The fourth-order valence-corrected chi connectivity index (χ4v) is 4.67. The molecule has 162 valence electrons. The van der Waals surface area contributed by atoms with Crippen LogP contribution in [0.1, 0.15) is 55.2 Å². The zero-order chi connectivity index (χ0) is 22.2. The number of carbonyl (C=O) groups is 2. The lowest BCUT2D eigenvalue weighted by Crippen LogP contribution is -2.33. The van der Waals surface area contributed by atoms with Gasteiger partial charge in [-0.3, -0.25) is 14.1 Å². The Morgan fingerprint density at radius 3 is 2.55 bits per heavy atom. The number of aromatic nitrogens is 1. The molecule has 0 aliphatic heterocycles. The maximum Gasteiger partial charge on any atom is 0.338 e. The quantitative estimate of drug-likeness (QED) is 0.371. The molecule has 0 saturated heterocycles. The minimum absolute atomic E-state index is 0.351. The van der Waals surface area contributed by atoms with Crippen LogP contribution in [0.3, 0.4) is 0 Å². The molecular formula is C19H29N3O4S3. The van der Waals surface area contributed by atoms with Crippen molar-refractivity contribution in [2.24, 2.45) is 5.14 Å². The van der Waals surface area contributed by atoms with Crippen molar-refractivity contribution in [1.82, 2.24) is 10.3 Å². The van der Waals surface area contributed by atoms with Crippen LogP contribution in [-0.2, 0) is 20.3 Å². The van der Waals surface area contributed by atoms with Crippen LogP contribution >= 0.6 is 23.3 Å². The highest BCUT2D eigenvalue weighted by molar-refractivity contribution is 7.97. The third-order valence-corrected chi connectivity index (χ3v) is 6.14. The second-order valence-electron chi connectivity index (χ2n) is 6.78. The van der Waals surface area contributed by atoms with E-state index in [1.807, 2.05) is 13.8 Å². The Hall–Kier alpha value is -1.49. The first-order valence-electron chi connectivity index (χ1n) is 9.18. The Kier molecular flexibility index (Phi) is 10.2. The van der Waals surface area contributed by atoms with Crippen LogP contribution < -0.4 is 10.5 Å². The van der Waals surface area contributed by atoms with Crippen molar-refractivity contribution in [3.05, 3.63) is 28.8 Å².